The van der Waals surface area contributed by atoms with Crippen molar-refractivity contribution < 1.29 is 0 Å². The highest BCUT2D eigenvalue weighted by Crippen LogP contribution is 2.27. The monoisotopic (exact) mass is 551 g/mol. The van der Waals surface area contributed by atoms with E-state index in [9.17, 15) is 0 Å². The predicted octanol–water partition coefficient (Wildman–Crippen LogP) is 4.42. The van der Waals surface area contributed by atoms with Crippen LogP contribution in [0.25, 0.3) is 0 Å². The largest absolute Gasteiger partial charge is 0.357 e. The van der Waals surface area contributed by atoms with Crippen LogP contribution in [0, 0.1) is 5.92 Å². The number of aromatic nitrogens is 2. The van der Waals surface area contributed by atoms with Gasteiger partial charge in [-0.05, 0) is 47.3 Å². The van der Waals surface area contributed by atoms with E-state index in [0.29, 0.717) is 12.0 Å². The Hall–Kier alpha value is -0.610. The summed E-state index contributed by atoms with van der Waals surface area (Å²) in [5.74, 6) is 1.69. The third-order valence-corrected chi connectivity index (χ3v) is 6.39. The van der Waals surface area contributed by atoms with E-state index in [1.807, 2.05) is 12.5 Å². The average molecular weight is 552 g/mol. The fraction of sp³-hybridized carbons (Fsp3) is 0.556. The van der Waals surface area contributed by atoms with Crippen LogP contribution in [0.1, 0.15) is 31.2 Å². The van der Waals surface area contributed by atoms with Crippen molar-refractivity contribution in [2.75, 3.05) is 26.2 Å². The molecule has 2 aromatic heterocycles. The highest BCUT2D eigenvalue weighted by molar-refractivity contribution is 14.0. The maximum atomic E-state index is 4.88. The van der Waals surface area contributed by atoms with Gasteiger partial charge in [0.15, 0.2) is 5.96 Å². The highest BCUT2D eigenvalue weighted by Gasteiger charge is 2.28. The first-order valence-electron chi connectivity index (χ1n) is 8.92. The summed E-state index contributed by atoms with van der Waals surface area (Å²) in [5.41, 5.74) is 0. The molecule has 26 heavy (non-hydrogen) atoms. The number of hydrogen-bond acceptors (Lipinski definition) is 3. The van der Waals surface area contributed by atoms with Crippen molar-refractivity contribution in [3.05, 3.63) is 39.5 Å². The first-order chi connectivity index (χ1) is 12.2. The van der Waals surface area contributed by atoms with Crippen molar-refractivity contribution in [1.29, 1.82) is 0 Å². The first kappa shape index (κ1) is 21.7. The van der Waals surface area contributed by atoms with E-state index in [1.165, 1.54) is 15.1 Å². The molecule has 0 radical (unpaired) electrons. The summed E-state index contributed by atoms with van der Waals surface area (Å²) in [6, 6.07) is 4.74. The van der Waals surface area contributed by atoms with E-state index in [1.54, 1.807) is 11.3 Å². The number of nitrogens with zero attached hydrogens (tertiary/aromatic N) is 4. The van der Waals surface area contributed by atoms with Crippen LogP contribution in [-0.2, 0) is 6.42 Å². The van der Waals surface area contributed by atoms with Gasteiger partial charge in [0.05, 0.1) is 16.2 Å². The van der Waals surface area contributed by atoms with Gasteiger partial charge >= 0.3 is 0 Å². The molecule has 1 aliphatic rings. The maximum Gasteiger partial charge on any atom is 0.193 e. The molecule has 0 aromatic carbocycles. The smallest absolute Gasteiger partial charge is 0.193 e. The molecule has 2 aromatic rings. The summed E-state index contributed by atoms with van der Waals surface area (Å²) >= 11 is 5.32. The normalized spacial score (nSPS) is 20.7. The van der Waals surface area contributed by atoms with Gasteiger partial charge < -0.3 is 14.8 Å². The van der Waals surface area contributed by atoms with Gasteiger partial charge in [0.25, 0.3) is 0 Å². The van der Waals surface area contributed by atoms with Crippen LogP contribution in [0.15, 0.2) is 39.6 Å². The molecule has 0 amide bonds. The molecule has 1 aliphatic heterocycles. The molecule has 144 valence electrons. The van der Waals surface area contributed by atoms with Crippen LogP contribution in [0.4, 0.5) is 0 Å². The minimum atomic E-state index is 0. The molecule has 2 atom stereocenters. The first-order valence-corrected chi connectivity index (χ1v) is 10.5. The zero-order chi connectivity index (χ0) is 17.6. The summed E-state index contributed by atoms with van der Waals surface area (Å²) in [7, 11) is 0. The molecule has 0 spiro atoms. The Labute approximate surface area is 185 Å². The molecule has 0 saturated carbocycles. The standard InChI is InChI=1S/C18H26BrN5S.HI/c1-3-21-18(22-8-6-15-4-5-17(19)25-15)23-10-7-14(2)16(12-23)24-11-9-20-13-24;/h4-5,9,11,13-14,16H,3,6-8,10,12H2,1-2H3,(H,21,22);1H. The van der Waals surface area contributed by atoms with Gasteiger partial charge in [0.1, 0.15) is 0 Å². The number of nitrogens with one attached hydrogen (secondary N) is 1. The Kier molecular flexibility index (Phi) is 8.89. The number of aliphatic imine (C=N–C) groups is 1. The van der Waals surface area contributed by atoms with Gasteiger partial charge in [0.2, 0.25) is 0 Å². The zero-order valence-electron chi connectivity index (χ0n) is 15.3. The van der Waals surface area contributed by atoms with Crippen LogP contribution in [-0.4, -0.2) is 46.6 Å². The van der Waals surface area contributed by atoms with Crippen LogP contribution >= 0.6 is 51.2 Å². The topological polar surface area (TPSA) is 45.5 Å². The Morgan fingerprint density at radius 3 is 2.96 bits per heavy atom. The van der Waals surface area contributed by atoms with E-state index in [0.717, 1.165) is 38.6 Å². The van der Waals surface area contributed by atoms with Crippen LogP contribution < -0.4 is 5.32 Å². The molecule has 2 unspecified atom stereocenters. The number of likely N-dealkylation sites (tertiary alicyclic amines) is 1. The summed E-state index contributed by atoms with van der Waals surface area (Å²) in [6.45, 7) is 8.21. The number of thiophene rings is 1. The van der Waals surface area contributed by atoms with Gasteiger partial charge in [-0.15, -0.1) is 35.3 Å². The van der Waals surface area contributed by atoms with Crippen molar-refractivity contribution >= 4 is 57.2 Å². The number of imidazole rings is 1. The molecule has 8 heteroatoms. The van der Waals surface area contributed by atoms with E-state index in [-0.39, 0.29) is 24.0 Å². The lowest BCUT2D eigenvalue weighted by Gasteiger charge is -2.39. The average Bonchev–Trinajstić information content (AvgIpc) is 3.26. The molecule has 3 rings (SSSR count). The fourth-order valence-corrected chi connectivity index (χ4v) is 4.75. The predicted molar refractivity (Wildman–Crippen MR) is 124 cm³/mol. The lowest BCUT2D eigenvalue weighted by molar-refractivity contribution is 0.189. The lowest BCUT2D eigenvalue weighted by atomic mass is 9.93. The van der Waals surface area contributed by atoms with Crippen molar-refractivity contribution in [2.45, 2.75) is 32.7 Å². The van der Waals surface area contributed by atoms with Gasteiger partial charge in [-0.2, -0.15) is 0 Å². The second-order valence-electron chi connectivity index (χ2n) is 6.48. The Morgan fingerprint density at radius 1 is 1.46 bits per heavy atom. The molecule has 1 N–H and O–H groups in total. The van der Waals surface area contributed by atoms with Crippen LogP contribution in [0.2, 0.25) is 0 Å². The molecular weight excluding hydrogens is 525 g/mol. The van der Waals surface area contributed by atoms with Crippen molar-refractivity contribution in [2.24, 2.45) is 10.9 Å². The van der Waals surface area contributed by atoms with Gasteiger partial charge in [-0.1, -0.05) is 6.92 Å². The summed E-state index contributed by atoms with van der Waals surface area (Å²) in [4.78, 5) is 12.9. The highest BCUT2D eigenvalue weighted by atomic mass is 127. The molecule has 0 aliphatic carbocycles. The Morgan fingerprint density at radius 2 is 2.31 bits per heavy atom. The van der Waals surface area contributed by atoms with Crippen molar-refractivity contribution in [3.8, 4) is 0 Å². The van der Waals surface area contributed by atoms with Crippen LogP contribution in [0.3, 0.4) is 0 Å². The molecule has 1 fully saturated rings. The molecule has 3 heterocycles. The van der Waals surface area contributed by atoms with Gasteiger partial charge in [-0.25, -0.2) is 4.98 Å². The quantitative estimate of drug-likeness (QED) is 0.340. The Balaban J connectivity index is 0.00000243. The van der Waals surface area contributed by atoms with E-state index in [2.05, 4.69) is 67.9 Å². The zero-order valence-corrected chi connectivity index (χ0v) is 20.0. The number of piperidine rings is 1. The van der Waals surface area contributed by atoms with Gasteiger partial charge in [0, 0.05) is 49.9 Å². The number of guanidine groups is 1. The van der Waals surface area contributed by atoms with Crippen LogP contribution in [0.5, 0.6) is 0 Å². The number of halogens is 2. The number of rotatable bonds is 5. The fourth-order valence-electron chi connectivity index (χ4n) is 3.28. The minimum Gasteiger partial charge on any atom is -0.357 e. The minimum absolute atomic E-state index is 0. The third-order valence-electron chi connectivity index (χ3n) is 4.71. The third kappa shape index (κ3) is 5.69. The lowest BCUT2D eigenvalue weighted by Crippen LogP contribution is -2.49. The molecule has 1 saturated heterocycles. The number of hydrogen-bond donors (Lipinski definition) is 1. The summed E-state index contributed by atoms with van der Waals surface area (Å²) in [5, 5.41) is 3.47. The molecular formula is C18H27BrIN5S. The van der Waals surface area contributed by atoms with Gasteiger partial charge in [-0.3, -0.25) is 4.99 Å². The Bertz CT molecular complexity index is 688. The van der Waals surface area contributed by atoms with Crippen molar-refractivity contribution in [3.63, 3.8) is 0 Å². The second kappa shape index (κ2) is 10.7. The SMILES string of the molecule is CCNC(=NCCc1ccc(Br)s1)N1CCC(C)C(n2ccnc2)C1.I. The molecule has 0 bridgehead atoms. The van der Waals surface area contributed by atoms with E-state index >= 15 is 0 Å². The van der Waals surface area contributed by atoms with E-state index in [4.69, 9.17) is 4.99 Å². The molecule has 5 nitrogen and oxygen atoms in total. The summed E-state index contributed by atoms with van der Waals surface area (Å²) in [6.07, 6.45) is 8.03. The van der Waals surface area contributed by atoms with E-state index < -0.39 is 0 Å². The summed E-state index contributed by atoms with van der Waals surface area (Å²) < 4.78 is 3.43. The maximum absolute atomic E-state index is 4.88. The second-order valence-corrected chi connectivity index (χ2v) is 9.03. The van der Waals surface area contributed by atoms with Crippen molar-refractivity contribution in [1.82, 2.24) is 19.8 Å².